The van der Waals surface area contributed by atoms with Crippen LogP contribution in [0.5, 0.6) is 0 Å². The zero-order chi connectivity index (χ0) is 14.0. The van der Waals surface area contributed by atoms with Crippen molar-refractivity contribution in [3.8, 4) is 0 Å². The zero-order valence-corrected chi connectivity index (χ0v) is 12.3. The Kier molecular flexibility index (Phi) is 4.02. The maximum absolute atomic E-state index is 6.21. The van der Waals surface area contributed by atoms with Gasteiger partial charge in [0.05, 0.1) is 22.1 Å². The van der Waals surface area contributed by atoms with Gasteiger partial charge in [-0.15, -0.1) is 0 Å². The third kappa shape index (κ3) is 3.22. The van der Waals surface area contributed by atoms with Crippen molar-refractivity contribution in [2.45, 2.75) is 13.8 Å². The molecule has 0 unspecified atom stereocenters. The topological polar surface area (TPSA) is 50.9 Å². The van der Waals surface area contributed by atoms with Gasteiger partial charge in [-0.05, 0) is 44.2 Å². The molecule has 0 aliphatic rings. The highest BCUT2D eigenvalue weighted by molar-refractivity contribution is 7.80. The van der Waals surface area contributed by atoms with E-state index in [0.29, 0.717) is 10.0 Å². The summed E-state index contributed by atoms with van der Waals surface area (Å²) in [4.78, 5) is 4.73. The average Bonchev–Trinajstić information content (AvgIpc) is 2.34. The molecule has 0 atom stereocenters. The van der Waals surface area contributed by atoms with Crippen LogP contribution < -0.4 is 11.1 Å². The summed E-state index contributed by atoms with van der Waals surface area (Å²) in [6.07, 6.45) is 0. The van der Waals surface area contributed by atoms with Crippen LogP contribution in [-0.2, 0) is 0 Å². The van der Waals surface area contributed by atoms with Gasteiger partial charge in [-0.2, -0.15) is 0 Å². The van der Waals surface area contributed by atoms with Gasteiger partial charge in [0.2, 0.25) is 0 Å². The van der Waals surface area contributed by atoms with E-state index in [1.165, 1.54) is 0 Å². The number of halogens is 1. The zero-order valence-electron chi connectivity index (χ0n) is 10.7. The van der Waals surface area contributed by atoms with Crippen LogP contribution in [0.2, 0.25) is 5.02 Å². The van der Waals surface area contributed by atoms with E-state index in [0.717, 1.165) is 28.3 Å². The van der Waals surface area contributed by atoms with Gasteiger partial charge < -0.3 is 11.1 Å². The van der Waals surface area contributed by atoms with Gasteiger partial charge in [0.25, 0.3) is 0 Å². The molecule has 3 nitrogen and oxygen atoms in total. The fourth-order valence-electron chi connectivity index (χ4n) is 1.73. The molecule has 0 saturated heterocycles. The molecule has 1 heterocycles. The fraction of sp³-hybridized carbons (Fsp3) is 0.143. The number of hydrogen-bond acceptors (Lipinski definition) is 3. The molecule has 0 saturated carbocycles. The molecular formula is C14H14ClN3S. The Morgan fingerprint density at radius 2 is 1.89 bits per heavy atom. The maximum atomic E-state index is 6.21. The van der Waals surface area contributed by atoms with E-state index in [-0.39, 0.29) is 0 Å². The van der Waals surface area contributed by atoms with E-state index in [9.17, 15) is 0 Å². The Morgan fingerprint density at radius 1 is 1.21 bits per heavy atom. The monoisotopic (exact) mass is 291 g/mol. The van der Waals surface area contributed by atoms with Gasteiger partial charge in [-0.25, -0.2) is 0 Å². The first-order valence-electron chi connectivity index (χ1n) is 5.78. The van der Waals surface area contributed by atoms with Gasteiger partial charge in [-0.3, -0.25) is 4.98 Å². The van der Waals surface area contributed by atoms with Crippen LogP contribution in [-0.4, -0.2) is 9.97 Å². The summed E-state index contributed by atoms with van der Waals surface area (Å²) in [5.41, 5.74) is 9.96. The third-order valence-corrected chi connectivity index (χ3v) is 3.30. The summed E-state index contributed by atoms with van der Waals surface area (Å²) in [6, 6.07) is 9.38. The van der Waals surface area contributed by atoms with Crippen molar-refractivity contribution in [1.82, 2.24) is 4.98 Å². The molecule has 2 rings (SSSR count). The lowest BCUT2D eigenvalue weighted by Gasteiger charge is -2.12. The molecule has 3 N–H and O–H groups in total. The number of aryl methyl sites for hydroxylation is 2. The summed E-state index contributed by atoms with van der Waals surface area (Å²) < 4.78 is 0. The van der Waals surface area contributed by atoms with Crippen molar-refractivity contribution in [2.75, 3.05) is 5.32 Å². The molecule has 5 heteroatoms. The van der Waals surface area contributed by atoms with Crippen LogP contribution >= 0.6 is 23.8 Å². The molecule has 0 aliphatic heterocycles. The van der Waals surface area contributed by atoms with Crippen molar-refractivity contribution in [2.24, 2.45) is 5.73 Å². The minimum absolute atomic E-state index is 0.335. The van der Waals surface area contributed by atoms with Gasteiger partial charge >= 0.3 is 0 Å². The van der Waals surface area contributed by atoms with Crippen molar-refractivity contribution in [3.05, 3.63) is 52.3 Å². The first-order chi connectivity index (χ1) is 8.97. The second kappa shape index (κ2) is 5.55. The molecule has 98 valence electrons. The smallest absolute Gasteiger partial charge is 0.104 e. The lowest BCUT2D eigenvalue weighted by molar-refractivity contribution is 1.12. The fourth-order valence-corrected chi connectivity index (χ4v) is 2.09. The molecule has 0 radical (unpaired) electrons. The highest BCUT2D eigenvalue weighted by Crippen LogP contribution is 2.27. The molecule has 19 heavy (non-hydrogen) atoms. The quantitative estimate of drug-likeness (QED) is 0.846. The first-order valence-corrected chi connectivity index (χ1v) is 6.56. The predicted octanol–water partition coefficient (Wildman–Crippen LogP) is 3.73. The lowest BCUT2D eigenvalue weighted by Crippen LogP contribution is -2.09. The largest absolute Gasteiger partial charge is 0.389 e. The molecule has 1 aromatic heterocycles. The van der Waals surface area contributed by atoms with Gasteiger partial charge in [-0.1, -0.05) is 23.8 Å². The van der Waals surface area contributed by atoms with Crippen LogP contribution in [0.1, 0.15) is 17.0 Å². The molecule has 1 aromatic carbocycles. The Bertz CT molecular complexity index is 641. The van der Waals surface area contributed by atoms with E-state index < -0.39 is 0 Å². The van der Waals surface area contributed by atoms with E-state index in [1.807, 2.05) is 38.1 Å². The third-order valence-electron chi connectivity index (χ3n) is 2.75. The number of nitrogens with one attached hydrogen (secondary N) is 1. The highest BCUT2D eigenvalue weighted by Gasteiger charge is 2.06. The molecule has 0 amide bonds. The summed E-state index contributed by atoms with van der Waals surface area (Å²) >= 11 is 11.1. The average molecular weight is 292 g/mol. The van der Waals surface area contributed by atoms with Gasteiger partial charge in [0.1, 0.15) is 4.99 Å². The van der Waals surface area contributed by atoms with Gasteiger partial charge in [0, 0.05) is 11.3 Å². The summed E-state index contributed by atoms with van der Waals surface area (Å²) in [6.45, 7) is 3.91. The van der Waals surface area contributed by atoms with Crippen LogP contribution in [0.25, 0.3) is 0 Å². The van der Waals surface area contributed by atoms with Crippen molar-refractivity contribution in [3.63, 3.8) is 0 Å². The Labute approximate surface area is 122 Å². The van der Waals surface area contributed by atoms with Crippen LogP contribution in [0, 0.1) is 13.8 Å². The Balaban J connectivity index is 2.31. The normalized spacial score (nSPS) is 10.3. The Hall–Kier alpha value is -1.65. The molecule has 0 bridgehead atoms. The minimum Gasteiger partial charge on any atom is -0.389 e. The second-order valence-electron chi connectivity index (χ2n) is 4.27. The summed E-state index contributed by atoms with van der Waals surface area (Å²) in [5, 5.41) is 3.83. The summed E-state index contributed by atoms with van der Waals surface area (Å²) in [7, 11) is 0. The van der Waals surface area contributed by atoms with Crippen molar-refractivity contribution < 1.29 is 0 Å². The van der Waals surface area contributed by atoms with Crippen molar-refractivity contribution >= 4 is 40.2 Å². The molecule has 0 aliphatic carbocycles. The summed E-state index contributed by atoms with van der Waals surface area (Å²) in [5.74, 6) is 0. The number of benzene rings is 1. The van der Waals surface area contributed by atoms with Crippen LogP contribution in [0.15, 0.2) is 30.3 Å². The van der Waals surface area contributed by atoms with E-state index >= 15 is 0 Å². The number of rotatable bonds is 3. The number of anilines is 2. The van der Waals surface area contributed by atoms with E-state index in [1.54, 1.807) is 6.07 Å². The predicted molar refractivity (Wildman–Crippen MR) is 84.3 cm³/mol. The van der Waals surface area contributed by atoms with Crippen LogP contribution in [0.4, 0.5) is 11.4 Å². The van der Waals surface area contributed by atoms with Crippen molar-refractivity contribution in [1.29, 1.82) is 0 Å². The number of nitrogens with two attached hydrogens (primary N) is 1. The molecule has 2 aromatic rings. The highest BCUT2D eigenvalue weighted by atomic mass is 35.5. The SMILES string of the molecule is Cc1ccc(Nc2ccc(C(N)=S)cc2Cl)c(C)n1. The first kappa shape index (κ1) is 13.8. The molecular weight excluding hydrogens is 278 g/mol. The maximum Gasteiger partial charge on any atom is 0.104 e. The number of nitrogens with zero attached hydrogens (tertiary/aromatic N) is 1. The number of hydrogen-bond donors (Lipinski definition) is 2. The van der Waals surface area contributed by atoms with Crippen LogP contribution in [0.3, 0.4) is 0 Å². The van der Waals surface area contributed by atoms with Gasteiger partial charge in [0.15, 0.2) is 0 Å². The lowest BCUT2D eigenvalue weighted by atomic mass is 10.2. The Morgan fingerprint density at radius 3 is 2.47 bits per heavy atom. The minimum atomic E-state index is 0.335. The standard InChI is InChI=1S/C14H14ClN3S/c1-8-3-5-12(9(2)17-8)18-13-6-4-10(14(16)19)7-11(13)15/h3-7,18H,1-2H3,(H2,16,19). The molecule has 0 spiro atoms. The number of thiocarbonyl (C=S) groups is 1. The second-order valence-corrected chi connectivity index (χ2v) is 5.12. The molecule has 0 fully saturated rings. The number of pyridine rings is 1. The number of aromatic nitrogens is 1. The van der Waals surface area contributed by atoms with E-state index in [4.69, 9.17) is 29.6 Å². The van der Waals surface area contributed by atoms with E-state index in [2.05, 4.69) is 10.3 Å².